The Morgan fingerprint density at radius 1 is 1.42 bits per heavy atom. The quantitative estimate of drug-likeness (QED) is 0.693. The third-order valence-electron chi connectivity index (χ3n) is 3.60. The van der Waals surface area contributed by atoms with Gasteiger partial charge in [-0.15, -0.1) is 0 Å². The first kappa shape index (κ1) is 15.0. The Morgan fingerprint density at radius 2 is 2.21 bits per heavy atom. The van der Waals surface area contributed by atoms with Gasteiger partial charge in [0, 0.05) is 28.0 Å². The lowest BCUT2D eigenvalue weighted by Gasteiger charge is -2.25. The average molecular weight is 389 g/mol. The fourth-order valence-electron chi connectivity index (χ4n) is 2.74. The molecule has 1 aromatic carbocycles. The van der Waals surface area contributed by atoms with Crippen LogP contribution >= 0.6 is 31.9 Å². The number of rotatable bonds is 4. The third-order valence-corrected chi connectivity index (χ3v) is 4.62. The van der Waals surface area contributed by atoms with E-state index in [9.17, 15) is 4.79 Å². The monoisotopic (exact) mass is 387 g/mol. The molecule has 0 saturated carbocycles. The summed E-state index contributed by atoms with van der Waals surface area (Å²) in [7, 11) is 0. The van der Waals surface area contributed by atoms with E-state index in [1.165, 1.54) is 0 Å². The van der Waals surface area contributed by atoms with Gasteiger partial charge in [-0.05, 0) is 56.4 Å². The van der Waals surface area contributed by atoms with Crippen molar-refractivity contribution in [2.45, 2.75) is 38.6 Å². The van der Waals surface area contributed by atoms with Crippen LogP contribution in [-0.2, 0) is 0 Å². The molecule has 1 aliphatic rings. The smallest absolute Gasteiger partial charge is 0.254 e. The summed E-state index contributed by atoms with van der Waals surface area (Å²) in [6.07, 6.45) is 4.51. The summed E-state index contributed by atoms with van der Waals surface area (Å²) in [6, 6.07) is 6.36. The number of alkyl halides is 1. The van der Waals surface area contributed by atoms with Crippen LogP contribution in [0.25, 0.3) is 0 Å². The van der Waals surface area contributed by atoms with Gasteiger partial charge < -0.3 is 4.90 Å². The summed E-state index contributed by atoms with van der Waals surface area (Å²) in [6.45, 7) is 2.92. The fourth-order valence-corrected chi connectivity index (χ4v) is 3.67. The number of halogens is 2. The molecule has 1 fully saturated rings. The van der Waals surface area contributed by atoms with Crippen molar-refractivity contribution >= 4 is 37.8 Å². The number of carbonyl (C=O) groups excluding carboxylic acids is 1. The lowest BCUT2D eigenvalue weighted by molar-refractivity contribution is 0.0730. The van der Waals surface area contributed by atoms with Crippen LogP contribution in [0.1, 0.15) is 41.6 Å². The molecule has 0 aliphatic carbocycles. The van der Waals surface area contributed by atoms with Crippen LogP contribution in [-0.4, -0.2) is 28.7 Å². The van der Waals surface area contributed by atoms with Gasteiger partial charge in [-0.3, -0.25) is 4.79 Å². The molecule has 1 unspecified atom stereocenters. The van der Waals surface area contributed by atoms with Gasteiger partial charge in [-0.2, -0.15) is 0 Å². The Balaban J connectivity index is 2.13. The van der Waals surface area contributed by atoms with E-state index in [2.05, 4.69) is 36.8 Å². The predicted molar refractivity (Wildman–Crippen MR) is 86.0 cm³/mol. The average Bonchev–Trinajstić information content (AvgIpc) is 2.82. The number of aryl methyl sites for hydroxylation is 1. The first-order chi connectivity index (χ1) is 9.11. The van der Waals surface area contributed by atoms with Crippen LogP contribution in [0.5, 0.6) is 0 Å². The van der Waals surface area contributed by atoms with E-state index in [-0.39, 0.29) is 5.91 Å². The van der Waals surface area contributed by atoms with Crippen LogP contribution in [0.4, 0.5) is 0 Å². The third kappa shape index (κ3) is 3.82. The number of likely N-dealkylation sites (tertiary alicyclic amines) is 1. The van der Waals surface area contributed by atoms with E-state index >= 15 is 0 Å². The van der Waals surface area contributed by atoms with Crippen LogP contribution in [0.2, 0.25) is 0 Å². The summed E-state index contributed by atoms with van der Waals surface area (Å²) >= 11 is 6.94. The van der Waals surface area contributed by atoms with E-state index in [0.717, 1.165) is 53.2 Å². The van der Waals surface area contributed by atoms with E-state index in [4.69, 9.17) is 0 Å². The second kappa shape index (κ2) is 6.89. The van der Waals surface area contributed by atoms with Crippen LogP contribution in [0.15, 0.2) is 22.7 Å². The second-order valence-corrected chi connectivity index (χ2v) is 6.85. The van der Waals surface area contributed by atoms with Gasteiger partial charge in [-0.1, -0.05) is 31.9 Å². The lowest BCUT2D eigenvalue weighted by Crippen LogP contribution is -2.35. The maximum Gasteiger partial charge on any atom is 0.254 e. The maximum absolute atomic E-state index is 12.6. The number of hydrogen-bond acceptors (Lipinski definition) is 1. The van der Waals surface area contributed by atoms with E-state index in [0.29, 0.717) is 6.04 Å². The molecular formula is C15H19Br2NO. The molecule has 0 spiro atoms. The first-order valence-corrected chi connectivity index (χ1v) is 8.67. The largest absolute Gasteiger partial charge is 0.336 e. The molecule has 1 aromatic rings. The van der Waals surface area contributed by atoms with Gasteiger partial charge in [0.25, 0.3) is 5.91 Å². The van der Waals surface area contributed by atoms with Crippen molar-refractivity contribution in [3.63, 3.8) is 0 Å². The highest BCUT2D eigenvalue weighted by molar-refractivity contribution is 9.10. The minimum atomic E-state index is 0.182. The highest BCUT2D eigenvalue weighted by atomic mass is 79.9. The molecule has 1 aliphatic heterocycles. The molecule has 1 saturated heterocycles. The Hall–Kier alpha value is -0.350. The number of benzene rings is 1. The van der Waals surface area contributed by atoms with Crippen molar-refractivity contribution in [3.05, 3.63) is 33.8 Å². The molecule has 2 rings (SSSR count). The zero-order valence-electron chi connectivity index (χ0n) is 11.2. The minimum absolute atomic E-state index is 0.182. The van der Waals surface area contributed by atoms with E-state index in [1.54, 1.807) is 0 Å². The van der Waals surface area contributed by atoms with Crippen molar-refractivity contribution < 1.29 is 4.79 Å². The Morgan fingerprint density at radius 3 is 2.89 bits per heavy atom. The Bertz CT molecular complexity index is 441. The topological polar surface area (TPSA) is 20.3 Å². The molecule has 19 heavy (non-hydrogen) atoms. The first-order valence-electron chi connectivity index (χ1n) is 6.76. The zero-order chi connectivity index (χ0) is 13.8. The van der Waals surface area contributed by atoms with E-state index < -0.39 is 0 Å². The maximum atomic E-state index is 12.6. The molecule has 0 bridgehead atoms. The molecule has 0 N–H and O–H groups in total. The molecule has 1 amide bonds. The van der Waals surface area contributed by atoms with Gasteiger partial charge in [-0.25, -0.2) is 0 Å². The second-order valence-electron chi connectivity index (χ2n) is 5.14. The number of carbonyl (C=O) groups is 1. The Labute approximate surface area is 131 Å². The van der Waals surface area contributed by atoms with Gasteiger partial charge in [0.1, 0.15) is 0 Å². The van der Waals surface area contributed by atoms with Gasteiger partial charge in [0.2, 0.25) is 0 Å². The highest BCUT2D eigenvalue weighted by Gasteiger charge is 2.28. The normalized spacial score (nSPS) is 18.9. The van der Waals surface area contributed by atoms with Gasteiger partial charge >= 0.3 is 0 Å². The molecule has 4 heteroatoms. The van der Waals surface area contributed by atoms with Crippen molar-refractivity contribution in [2.75, 3.05) is 11.9 Å². The van der Waals surface area contributed by atoms with Crippen molar-refractivity contribution in [3.8, 4) is 0 Å². The minimum Gasteiger partial charge on any atom is -0.336 e. The Kier molecular flexibility index (Phi) is 5.46. The zero-order valence-corrected chi connectivity index (χ0v) is 14.3. The summed E-state index contributed by atoms with van der Waals surface area (Å²) in [4.78, 5) is 14.7. The standard InChI is InChI=1S/C15H19Br2NO/c1-11-8-12(10-13(17)9-11)15(19)18-7-3-5-14(18)4-2-6-16/h8-10,14H,2-7H2,1H3. The van der Waals surface area contributed by atoms with Crippen LogP contribution < -0.4 is 0 Å². The van der Waals surface area contributed by atoms with Crippen molar-refractivity contribution in [2.24, 2.45) is 0 Å². The van der Waals surface area contributed by atoms with Crippen LogP contribution in [0, 0.1) is 6.92 Å². The van der Waals surface area contributed by atoms with E-state index in [1.807, 2.05) is 25.1 Å². The van der Waals surface area contributed by atoms with Crippen molar-refractivity contribution in [1.29, 1.82) is 0 Å². The highest BCUT2D eigenvalue weighted by Crippen LogP contribution is 2.25. The molecule has 1 atom stereocenters. The number of amides is 1. The number of nitrogens with zero attached hydrogens (tertiary/aromatic N) is 1. The fraction of sp³-hybridized carbons (Fsp3) is 0.533. The summed E-state index contributed by atoms with van der Waals surface area (Å²) in [5.41, 5.74) is 1.92. The molecule has 104 valence electrons. The molecule has 0 radical (unpaired) electrons. The predicted octanol–water partition coefficient (Wildman–Crippen LogP) is 4.54. The van der Waals surface area contributed by atoms with Gasteiger partial charge in [0.05, 0.1) is 0 Å². The van der Waals surface area contributed by atoms with Crippen molar-refractivity contribution in [1.82, 2.24) is 4.90 Å². The SMILES string of the molecule is Cc1cc(Br)cc(C(=O)N2CCCC2CCCBr)c1. The lowest BCUT2D eigenvalue weighted by atomic mass is 10.1. The molecule has 1 heterocycles. The molecule has 2 nitrogen and oxygen atoms in total. The van der Waals surface area contributed by atoms with Gasteiger partial charge in [0.15, 0.2) is 0 Å². The van der Waals surface area contributed by atoms with Crippen LogP contribution in [0.3, 0.4) is 0 Å². The molecular weight excluding hydrogens is 370 g/mol. The summed E-state index contributed by atoms with van der Waals surface area (Å²) < 4.78 is 0.979. The number of hydrogen-bond donors (Lipinski definition) is 0. The summed E-state index contributed by atoms with van der Waals surface area (Å²) in [5, 5.41) is 1.02. The summed E-state index contributed by atoms with van der Waals surface area (Å²) in [5.74, 6) is 0.182. The molecule has 0 aromatic heterocycles.